The van der Waals surface area contributed by atoms with Gasteiger partial charge in [0, 0.05) is 5.56 Å². The van der Waals surface area contributed by atoms with Gasteiger partial charge in [-0.2, -0.15) is 0 Å². The fourth-order valence-electron chi connectivity index (χ4n) is 3.46. The minimum Gasteiger partial charge on any atom is -0.467 e. The molecule has 2 aromatic carbocycles. The Bertz CT molecular complexity index is 827. The lowest BCUT2D eigenvalue weighted by Crippen LogP contribution is -2.40. The van der Waals surface area contributed by atoms with E-state index in [1.807, 2.05) is 0 Å². The van der Waals surface area contributed by atoms with Gasteiger partial charge in [-0.1, -0.05) is 86.6 Å². The van der Waals surface area contributed by atoms with Gasteiger partial charge in [-0.05, 0) is 22.8 Å². The van der Waals surface area contributed by atoms with Crippen molar-refractivity contribution in [1.29, 1.82) is 0 Å². The van der Waals surface area contributed by atoms with Crippen molar-refractivity contribution >= 4 is 26.9 Å². The zero-order chi connectivity index (χ0) is 18.9. The molecule has 26 heavy (non-hydrogen) atoms. The van der Waals surface area contributed by atoms with Crippen LogP contribution in [0.15, 0.2) is 48.2 Å². The van der Waals surface area contributed by atoms with Crippen molar-refractivity contribution in [3.63, 3.8) is 0 Å². The third kappa shape index (κ3) is 4.19. The first kappa shape index (κ1) is 19.1. The Kier molecular flexibility index (Phi) is 5.29. The van der Waals surface area contributed by atoms with E-state index in [-0.39, 0.29) is 0 Å². The van der Waals surface area contributed by atoms with Gasteiger partial charge in [-0.25, -0.2) is 0 Å². The summed E-state index contributed by atoms with van der Waals surface area (Å²) in [5.74, 6) is 0.959. The summed E-state index contributed by atoms with van der Waals surface area (Å²) < 4.78 is 11.4. The third-order valence-electron chi connectivity index (χ3n) is 4.57. The summed E-state index contributed by atoms with van der Waals surface area (Å²) >= 11 is 0. The van der Waals surface area contributed by atoms with E-state index in [1.165, 1.54) is 27.5 Å². The predicted octanol–water partition coefficient (Wildman–Crippen LogP) is 5.41. The molecule has 0 spiro atoms. The van der Waals surface area contributed by atoms with Gasteiger partial charge >= 0.3 is 0 Å². The van der Waals surface area contributed by atoms with Crippen LogP contribution in [0.1, 0.15) is 16.7 Å². The highest BCUT2D eigenvalue weighted by Gasteiger charge is 2.25. The van der Waals surface area contributed by atoms with E-state index < -0.39 is 16.1 Å². The van der Waals surface area contributed by atoms with Crippen LogP contribution in [0.25, 0.3) is 5.57 Å². The van der Waals surface area contributed by atoms with Crippen molar-refractivity contribution in [2.45, 2.75) is 45.9 Å². The van der Waals surface area contributed by atoms with Crippen molar-refractivity contribution in [1.82, 2.24) is 0 Å². The molecular weight excluding hydrogens is 352 g/mol. The van der Waals surface area contributed by atoms with Crippen LogP contribution in [-0.2, 0) is 11.3 Å². The average Bonchev–Trinajstić information content (AvgIpc) is 2.58. The molecule has 1 aliphatic rings. The highest BCUT2D eigenvalue weighted by molar-refractivity contribution is 6.89. The van der Waals surface area contributed by atoms with Crippen LogP contribution in [0.5, 0.6) is 5.75 Å². The first-order valence-electron chi connectivity index (χ1n) is 9.32. The maximum Gasteiger partial charge on any atom is 0.189 e. The molecule has 0 saturated heterocycles. The minimum absolute atomic E-state index is 0.342. The molecule has 138 valence electrons. The third-order valence-corrected chi connectivity index (χ3v) is 7.78. The lowest BCUT2D eigenvalue weighted by Gasteiger charge is -2.27. The van der Waals surface area contributed by atoms with Crippen LogP contribution in [0.3, 0.4) is 0 Å². The Balaban J connectivity index is 2.27. The van der Waals surface area contributed by atoms with Gasteiger partial charge in [0.1, 0.15) is 5.75 Å². The monoisotopic (exact) mass is 382 g/mol. The van der Waals surface area contributed by atoms with E-state index in [9.17, 15) is 0 Å². The number of fused-ring (bicyclic) bond motifs is 1. The van der Waals surface area contributed by atoms with Gasteiger partial charge < -0.3 is 9.47 Å². The summed E-state index contributed by atoms with van der Waals surface area (Å²) in [5, 5.41) is 1.51. The summed E-state index contributed by atoms with van der Waals surface area (Å²) in [6.45, 7) is 15.4. The molecule has 0 bridgehead atoms. The quantitative estimate of drug-likeness (QED) is 0.659. The minimum atomic E-state index is -1.47. The number of ether oxygens (including phenoxy) is 2. The molecule has 0 atom stereocenters. The number of benzene rings is 2. The molecule has 3 rings (SSSR count). The first-order chi connectivity index (χ1) is 12.2. The summed E-state index contributed by atoms with van der Waals surface area (Å²) in [4.78, 5) is 0. The highest BCUT2D eigenvalue weighted by atomic mass is 28.3. The van der Waals surface area contributed by atoms with Crippen molar-refractivity contribution in [2.24, 2.45) is 0 Å². The fraction of sp³-hybridized carbons (Fsp3) is 0.364. The Labute approximate surface area is 159 Å². The molecule has 4 heteroatoms. The van der Waals surface area contributed by atoms with E-state index in [0.29, 0.717) is 13.4 Å². The molecule has 0 N–H and O–H groups in total. The molecule has 1 aliphatic heterocycles. The molecule has 0 aliphatic carbocycles. The van der Waals surface area contributed by atoms with Gasteiger partial charge in [0.05, 0.1) is 22.8 Å². The average molecular weight is 383 g/mol. The molecule has 0 fully saturated rings. The summed E-state index contributed by atoms with van der Waals surface area (Å²) in [6, 6.07) is 15.3. The highest BCUT2D eigenvalue weighted by Crippen LogP contribution is 2.35. The standard InChI is InChI=1S/C22H30O2Si2/c1-25(2,3)15-20(18-10-7-8-13-22(18)26(4,5)6)17-11-9-12-21-19(17)14-23-16-24-21/h7-13,15H,14,16H2,1-6H3/b20-15-. The number of rotatable bonds is 4. The zero-order valence-electron chi connectivity index (χ0n) is 16.8. The van der Waals surface area contributed by atoms with E-state index >= 15 is 0 Å². The molecule has 0 amide bonds. The molecule has 0 radical (unpaired) electrons. The second-order valence-corrected chi connectivity index (χ2v) is 19.2. The molecule has 0 unspecified atom stereocenters. The second-order valence-electron chi connectivity index (χ2n) is 9.11. The Morgan fingerprint density at radius 2 is 1.58 bits per heavy atom. The smallest absolute Gasteiger partial charge is 0.189 e. The zero-order valence-corrected chi connectivity index (χ0v) is 18.8. The van der Waals surface area contributed by atoms with Crippen LogP contribution in [0.4, 0.5) is 0 Å². The van der Waals surface area contributed by atoms with E-state index in [1.54, 1.807) is 0 Å². The fourth-order valence-corrected chi connectivity index (χ4v) is 6.26. The lowest BCUT2D eigenvalue weighted by atomic mass is 9.94. The maximum atomic E-state index is 5.75. The van der Waals surface area contributed by atoms with E-state index in [0.717, 1.165) is 5.75 Å². The van der Waals surface area contributed by atoms with Crippen molar-refractivity contribution in [3.8, 4) is 5.75 Å². The molecule has 2 nitrogen and oxygen atoms in total. The van der Waals surface area contributed by atoms with Crippen molar-refractivity contribution in [2.75, 3.05) is 6.79 Å². The van der Waals surface area contributed by atoms with Crippen LogP contribution in [-0.4, -0.2) is 22.9 Å². The SMILES string of the molecule is C[Si](C)(C)/C=C(\c1ccccc1[Si](C)(C)C)c1cccc2c1COCO2. The molecule has 0 aromatic heterocycles. The van der Waals surface area contributed by atoms with Crippen LogP contribution in [0, 0.1) is 0 Å². The molecule has 0 saturated carbocycles. The van der Waals surface area contributed by atoms with E-state index in [4.69, 9.17) is 9.47 Å². The Morgan fingerprint density at radius 3 is 2.27 bits per heavy atom. The topological polar surface area (TPSA) is 18.5 Å². The van der Waals surface area contributed by atoms with Gasteiger partial charge in [-0.15, -0.1) is 0 Å². The summed E-state index contributed by atoms with van der Waals surface area (Å²) in [5.41, 5.74) is 7.71. The van der Waals surface area contributed by atoms with Crippen molar-refractivity contribution < 1.29 is 9.47 Å². The first-order valence-corrected chi connectivity index (χ1v) is 16.4. The Morgan fingerprint density at radius 1 is 0.885 bits per heavy atom. The molecule has 2 aromatic rings. The summed E-state index contributed by atoms with van der Waals surface area (Å²) in [6.07, 6.45) is 0. The van der Waals surface area contributed by atoms with Gasteiger partial charge in [0.2, 0.25) is 0 Å². The van der Waals surface area contributed by atoms with Gasteiger partial charge in [-0.3, -0.25) is 0 Å². The van der Waals surface area contributed by atoms with Crippen LogP contribution >= 0.6 is 0 Å². The number of hydrogen-bond donors (Lipinski definition) is 0. The predicted molar refractivity (Wildman–Crippen MR) is 117 cm³/mol. The number of hydrogen-bond acceptors (Lipinski definition) is 2. The van der Waals surface area contributed by atoms with Crippen molar-refractivity contribution in [3.05, 3.63) is 64.9 Å². The maximum absolute atomic E-state index is 5.75. The normalized spacial score (nSPS) is 15.4. The van der Waals surface area contributed by atoms with Crippen LogP contribution < -0.4 is 9.92 Å². The lowest BCUT2D eigenvalue weighted by molar-refractivity contribution is -0.0164. The largest absolute Gasteiger partial charge is 0.467 e. The Hall–Kier alpha value is -1.63. The summed E-state index contributed by atoms with van der Waals surface area (Å²) in [7, 11) is -2.91. The molecule has 1 heterocycles. The van der Waals surface area contributed by atoms with E-state index in [2.05, 4.69) is 87.4 Å². The van der Waals surface area contributed by atoms with Gasteiger partial charge in [0.15, 0.2) is 6.79 Å². The second kappa shape index (κ2) is 7.18. The van der Waals surface area contributed by atoms with Gasteiger partial charge in [0.25, 0.3) is 0 Å². The van der Waals surface area contributed by atoms with Crippen LogP contribution in [0.2, 0.25) is 39.3 Å². The molecular formula is C22H30O2Si2.